The third kappa shape index (κ3) is 2.28. The van der Waals surface area contributed by atoms with E-state index in [-0.39, 0.29) is 17.8 Å². The highest BCUT2D eigenvalue weighted by atomic mass is 19.1. The molecule has 0 spiro atoms. The van der Waals surface area contributed by atoms with Gasteiger partial charge in [-0.1, -0.05) is 13.0 Å². The van der Waals surface area contributed by atoms with Gasteiger partial charge >= 0.3 is 5.97 Å². The van der Waals surface area contributed by atoms with Crippen molar-refractivity contribution in [2.75, 3.05) is 11.4 Å². The average Bonchev–Trinajstić information content (AvgIpc) is 2.81. The molecule has 1 aromatic carbocycles. The Hall–Kier alpha value is -1.58. The van der Waals surface area contributed by atoms with Gasteiger partial charge in [-0.15, -0.1) is 0 Å². The summed E-state index contributed by atoms with van der Waals surface area (Å²) in [5.41, 5.74) is 2.03. The molecule has 1 saturated carbocycles. The first-order chi connectivity index (χ1) is 9.56. The highest BCUT2D eigenvalue weighted by molar-refractivity contribution is 5.73. The molecule has 0 amide bonds. The first kappa shape index (κ1) is 13.4. The number of rotatable bonds is 2. The van der Waals surface area contributed by atoms with Gasteiger partial charge in [-0.3, -0.25) is 4.79 Å². The van der Waals surface area contributed by atoms with E-state index < -0.39 is 5.97 Å². The van der Waals surface area contributed by atoms with E-state index in [0.717, 1.165) is 43.5 Å². The standard InChI is InChI=1S/C16H20FNO2/c1-10-2-5-13(16(19)20)15(8-10)18-7-6-11-3-4-12(17)9-14(11)18/h3-4,9-10,13,15H,2,5-8H2,1H3,(H,19,20). The smallest absolute Gasteiger partial charge is 0.308 e. The summed E-state index contributed by atoms with van der Waals surface area (Å²) in [6.07, 6.45) is 3.46. The lowest BCUT2D eigenvalue weighted by atomic mass is 9.78. The first-order valence-electron chi connectivity index (χ1n) is 7.34. The van der Waals surface area contributed by atoms with E-state index in [1.807, 2.05) is 6.07 Å². The Balaban J connectivity index is 1.92. The third-order valence-corrected chi connectivity index (χ3v) is 4.78. The molecule has 1 aliphatic heterocycles. The summed E-state index contributed by atoms with van der Waals surface area (Å²) >= 11 is 0. The highest BCUT2D eigenvalue weighted by Gasteiger charge is 2.39. The molecule has 3 nitrogen and oxygen atoms in total. The number of carboxylic acids is 1. The molecule has 1 heterocycles. The van der Waals surface area contributed by atoms with E-state index in [9.17, 15) is 14.3 Å². The number of benzene rings is 1. The molecule has 108 valence electrons. The van der Waals surface area contributed by atoms with Crippen LogP contribution in [-0.4, -0.2) is 23.7 Å². The topological polar surface area (TPSA) is 40.5 Å². The Morgan fingerprint density at radius 1 is 1.40 bits per heavy atom. The molecule has 0 aromatic heterocycles. The fourth-order valence-corrected chi connectivity index (χ4v) is 3.70. The quantitative estimate of drug-likeness (QED) is 0.903. The zero-order valence-electron chi connectivity index (χ0n) is 11.7. The van der Waals surface area contributed by atoms with Gasteiger partial charge in [-0.25, -0.2) is 4.39 Å². The van der Waals surface area contributed by atoms with Crippen LogP contribution in [0.25, 0.3) is 0 Å². The molecule has 4 heteroatoms. The SMILES string of the molecule is CC1CCC(C(=O)O)C(N2CCc3ccc(F)cc32)C1. The van der Waals surface area contributed by atoms with Crippen LogP contribution < -0.4 is 4.90 Å². The Labute approximate surface area is 118 Å². The molecular formula is C16H20FNO2. The zero-order valence-corrected chi connectivity index (χ0v) is 11.7. The number of carbonyl (C=O) groups is 1. The zero-order chi connectivity index (χ0) is 14.3. The van der Waals surface area contributed by atoms with E-state index in [1.165, 1.54) is 6.07 Å². The number of fused-ring (bicyclic) bond motifs is 1. The van der Waals surface area contributed by atoms with Gasteiger partial charge in [0.1, 0.15) is 5.82 Å². The molecule has 1 aromatic rings. The van der Waals surface area contributed by atoms with Crippen molar-refractivity contribution in [3.63, 3.8) is 0 Å². The van der Waals surface area contributed by atoms with Crippen molar-refractivity contribution in [3.05, 3.63) is 29.6 Å². The van der Waals surface area contributed by atoms with Crippen LogP contribution in [0, 0.1) is 17.7 Å². The van der Waals surface area contributed by atoms with Gasteiger partial charge in [0.25, 0.3) is 0 Å². The minimum Gasteiger partial charge on any atom is -0.481 e. The van der Waals surface area contributed by atoms with Crippen LogP contribution in [0.1, 0.15) is 31.7 Å². The maximum atomic E-state index is 13.5. The lowest BCUT2D eigenvalue weighted by molar-refractivity contribution is -0.143. The molecule has 3 unspecified atom stereocenters. The molecule has 3 rings (SSSR count). The van der Waals surface area contributed by atoms with E-state index in [0.29, 0.717) is 5.92 Å². The van der Waals surface area contributed by atoms with Crippen molar-refractivity contribution in [2.24, 2.45) is 11.8 Å². The van der Waals surface area contributed by atoms with Gasteiger partial charge in [-0.05, 0) is 49.3 Å². The van der Waals surface area contributed by atoms with E-state index in [4.69, 9.17) is 0 Å². The van der Waals surface area contributed by atoms with Gasteiger partial charge in [0.2, 0.25) is 0 Å². The van der Waals surface area contributed by atoms with Crippen molar-refractivity contribution in [3.8, 4) is 0 Å². The van der Waals surface area contributed by atoms with Crippen LogP contribution in [0.3, 0.4) is 0 Å². The fraction of sp³-hybridized carbons (Fsp3) is 0.562. The van der Waals surface area contributed by atoms with Crippen LogP contribution in [0.2, 0.25) is 0 Å². The summed E-state index contributed by atoms with van der Waals surface area (Å²) in [6.45, 7) is 2.98. The Kier molecular flexibility index (Phi) is 3.40. The van der Waals surface area contributed by atoms with Crippen molar-refractivity contribution in [1.82, 2.24) is 0 Å². The molecule has 20 heavy (non-hydrogen) atoms. The van der Waals surface area contributed by atoms with Gasteiger partial charge in [0, 0.05) is 18.3 Å². The summed E-state index contributed by atoms with van der Waals surface area (Å²) in [5, 5.41) is 9.46. The van der Waals surface area contributed by atoms with Gasteiger partial charge in [0.05, 0.1) is 5.92 Å². The normalized spacial score (nSPS) is 29.3. The number of halogens is 1. The molecule has 0 bridgehead atoms. The van der Waals surface area contributed by atoms with Crippen molar-refractivity contribution in [2.45, 2.75) is 38.6 Å². The molecule has 1 N–H and O–H groups in total. The van der Waals surface area contributed by atoms with E-state index >= 15 is 0 Å². The minimum atomic E-state index is -0.716. The lowest BCUT2D eigenvalue weighted by Crippen LogP contribution is -2.46. The van der Waals surface area contributed by atoms with Crippen LogP contribution in [-0.2, 0) is 11.2 Å². The second kappa shape index (κ2) is 5.08. The Bertz CT molecular complexity index is 531. The average molecular weight is 277 g/mol. The third-order valence-electron chi connectivity index (χ3n) is 4.78. The van der Waals surface area contributed by atoms with Gasteiger partial charge in [0.15, 0.2) is 0 Å². The van der Waals surface area contributed by atoms with Crippen LogP contribution in [0.5, 0.6) is 0 Å². The number of nitrogens with zero attached hydrogens (tertiary/aromatic N) is 1. The largest absolute Gasteiger partial charge is 0.481 e. The summed E-state index contributed by atoms with van der Waals surface area (Å²) in [4.78, 5) is 13.6. The minimum absolute atomic E-state index is 0.000648. The fourth-order valence-electron chi connectivity index (χ4n) is 3.70. The van der Waals surface area contributed by atoms with Gasteiger partial charge in [-0.2, -0.15) is 0 Å². The predicted molar refractivity (Wildman–Crippen MR) is 75.4 cm³/mol. The number of anilines is 1. The first-order valence-corrected chi connectivity index (χ1v) is 7.34. The number of hydrogen-bond acceptors (Lipinski definition) is 2. The number of aliphatic carboxylic acids is 1. The molecule has 2 aliphatic rings. The van der Waals surface area contributed by atoms with Gasteiger partial charge < -0.3 is 10.0 Å². The maximum absolute atomic E-state index is 13.5. The Morgan fingerprint density at radius 2 is 2.20 bits per heavy atom. The number of hydrogen-bond donors (Lipinski definition) is 1. The maximum Gasteiger partial charge on any atom is 0.308 e. The second-order valence-electron chi connectivity index (χ2n) is 6.15. The lowest BCUT2D eigenvalue weighted by Gasteiger charge is -2.40. The molecular weight excluding hydrogens is 257 g/mol. The summed E-state index contributed by atoms with van der Waals surface area (Å²) < 4.78 is 13.5. The van der Waals surface area contributed by atoms with E-state index in [1.54, 1.807) is 6.07 Å². The molecule has 0 radical (unpaired) electrons. The molecule has 3 atom stereocenters. The predicted octanol–water partition coefficient (Wildman–Crippen LogP) is 3.08. The highest BCUT2D eigenvalue weighted by Crippen LogP contribution is 2.39. The molecule has 1 aliphatic carbocycles. The van der Waals surface area contributed by atoms with E-state index in [2.05, 4.69) is 11.8 Å². The van der Waals surface area contributed by atoms with Crippen LogP contribution in [0.4, 0.5) is 10.1 Å². The monoisotopic (exact) mass is 277 g/mol. The van der Waals surface area contributed by atoms with Crippen LogP contribution >= 0.6 is 0 Å². The summed E-state index contributed by atoms with van der Waals surface area (Å²) in [5.74, 6) is -0.758. The Morgan fingerprint density at radius 3 is 2.95 bits per heavy atom. The van der Waals surface area contributed by atoms with Crippen molar-refractivity contribution < 1.29 is 14.3 Å². The van der Waals surface area contributed by atoms with Crippen molar-refractivity contribution >= 4 is 11.7 Å². The summed E-state index contributed by atoms with van der Waals surface area (Å²) in [7, 11) is 0. The van der Waals surface area contributed by atoms with Crippen molar-refractivity contribution in [1.29, 1.82) is 0 Å². The molecule has 0 saturated heterocycles. The number of carboxylic acid groups (broad SMARTS) is 1. The molecule has 1 fully saturated rings. The second-order valence-corrected chi connectivity index (χ2v) is 6.15. The summed E-state index contributed by atoms with van der Waals surface area (Å²) in [6, 6.07) is 4.87. The van der Waals surface area contributed by atoms with Crippen LogP contribution in [0.15, 0.2) is 18.2 Å².